The SMILES string of the molecule is CC1CN(C)CCN1CCNC(C)(C)C. The Kier molecular flexibility index (Phi) is 4.56. The molecular formula is C12H27N3. The second kappa shape index (κ2) is 5.28. The number of hydrogen-bond acceptors (Lipinski definition) is 3. The summed E-state index contributed by atoms with van der Waals surface area (Å²) in [5.74, 6) is 0. The average molecular weight is 213 g/mol. The highest BCUT2D eigenvalue weighted by atomic mass is 15.3. The van der Waals surface area contributed by atoms with Crippen LogP contribution in [0.15, 0.2) is 0 Å². The van der Waals surface area contributed by atoms with Gasteiger partial charge in [-0.15, -0.1) is 0 Å². The van der Waals surface area contributed by atoms with Crippen molar-refractivity contribution >= 4 is 0 Å². The molecule has 15 heavy (non-hydrogen) atoms. The molecule has 0 spiro atoms. The zero-order chi connectivity index (χ0) is 11.5. The van der Waals surface area contributed by atoms with E-state index in [1.807, 2.05) is 0 Å². The van der Waals surface area contributed by atoms with Crippen molar-refractivity contribution in [1.82, 2.24) is 15.1 Å². The number of piperazine rings is 1. The first-order valence-corrected chi connectivity index (χ1v) is 6.06. The topological polar surface area (TPSA) is 18.5 Å². The maximum absolute atomic E-state index is 3.55. The van der Waals surface area contributed by atoms with Crippen LogP contribution in [0.4, 0.5) is 0 Å². The summed E-state index contributed by atoms with van der Waals surface area (Å²) in [6.45, 7) is 14.9. The third kappa shape index (κ3) is 4.96. The minimum absolute atomic E-state index is 0.246. The van der Waals surface area contributed by atoms with E-state index >= 15 is 0 Å². The number of nitrogens with zero attached hydrogens (tertiary/aromatic N) is 2. The van der Waals surface area contributed by atoms with Crippen molar-refractivity contribution in [3.05, 3.63) is 0 Å². The minimum atomic E-state index is 0.246. The molecule has 0 aromatic rings. The lowest BCUT2D eigenvalue weighted by atomic mass is 10.1. The first kappa shape index (κ1) is 12.9. The van der Waals surface area contributed by atoms with Crippen LogP contribution in [0, 0.1) is 0 Å². The molecule has 90 valence electrons. The van der Waals surface area contributed by atoms with Crippen LogP contribution >= 0.6 is 0 Å². The summed E-state index contributed by atoms with van der Waals surface area (Å²) in [5, 5.41) is 3.55. The largest absolute Gasteiger partial charge is 0.311 e. The third-order valence-corrected chi connectivity index (χ3v) is 3.02. The molecule has 1 unspecified atom stereocenters. The zero-order valence-corrected chi connectivity index (χ0v) is 11.0. The molecule has 1 fully saturated rings. The summed E-state index contributed by atoms with van der Waals surface area (Å²) in [7, 11) is 2.21. The van der Waals surface area contributed by atoms with Gasteiger partial charge in [-0.25, -0.2) is 0 Å². The molecule has 1 saturated heterocycles. The molecule has 1 aliphatic heterocycles. The second-order valence-corrected chi connectivity index (χ2v) is 5.82. The molecule has 3 heteroatoms. The molecule has 1 rings (SSSR count). The quantitative estimate of drug-likeness (QED) is 0.755. The summed E-state index contributed by atoms with van der Waals surface area (Å²) < 4.78 is 0. The van der Waals surface area contributed by atoms with Gasteiger partial charge in [0.1, 0.15) is 0 Å². The Morgan fingerprint density at radius 3 is 2.47 bits per heavy atom. The molecule has 1 atom stereocenters. The maximum Gasteiger partial charge on any atom is 0.0195 e. The van der Waals surface area contributed by atoms with E-state index in [9.17, 15) is 0 Å². The van der Waals surface area contributed by atoms with Gasteiger partial charge < -0.3 is 10.2 Å². The minimum Gasteiger partial charge on any atom is -0.311 e. The molecule has 0 radical (unpaired) electrons. The van der Waals surface area contributed by atoms with E-state index in [0.29, 0.717) is 6.04 Å². The van der Waals surface area contributed by atoms with Crippen molar-refractivity contribution in [2.24, 2.45) is 0 Å². The first-order chi connectivity index (χ1) is 6.88. The Bertz CT molecular complexity index is 186. The van der Waals surface area contributed by atoms with Gasteiger partial charge in [0.05, 0.1) is 0 Å². The first-order valence-electron chi connectivity index (χ1n) is 6.06. The Morgan fingerprint density at radius 2 is 1.93 bits per heavy atom. The van der Waals surface area contributed by atoms with E-state index < -0.39 is 0 Å². The van der Waals surface area contributed by atoms with Crippen LogP contribution in [0.3, 0.4) is 0 Å². The molecule has 0 saturated carbocycles. The van der Waals surface area contributed by atoms with E-state index in [-0.39, 0.29) is 5.54 Å². The summed E-state index contributed by atoms with van der Waals surface area (Å²) in [4.78, 5) is 5.00. The predicted octanol–water partition coefficient (Wildman–Crippen LogP) is 1.01. The molecule has 3 nitrogen and oxygen atoms in total. The lowest BCUT2D eigenvalue weighted by Crippen LogP contribution is -2.52. The highest BCUT2D eigenvalue weighted by molar-refractivity contribution is 4.79. The molecule has 0 aliphatic carbocycles. The van der Waals surface area contributed by atoms with Crippen molar-refractivity contribution in [3.63, 3.8) is 0 Å². The number of likely N-dealkylation sites (N-methyl/N-ethyl adjacent to an activating group) is 1. The van der Waals surface area contributed by atoms with Crippen LogP contribution in [-0.2, 0) is 0 Å². The predicted molar refractivity (Wildman–Crippen MR) is 66.3 cm³/mol. The zero-order valence-electron chi connectivity index (χ0n) is 11.0. The molecule has 0 aromatic heterocycles. The van der Waals surface area contributed by atoms with Crippen molar-refractivity contribution in [1.29, 1.82) is 0 Å². The Balaban J connectivity index is 2.21. The maximum atomic E-state index is 3.55. The van der Waals surface area contributed by atoms with Crippen LogP contribution in [0.1, 0.15) is 27.7 Å². The molecule has 0 bridgehead atoms. The van der Waals surface area contributed by atoms with Crippen molar-refractivity contribution in [2.45, 2.75) is 39.3 Å². The fourth-order valence-electron chi connectivity index (χ4n) is 2.08. The molecule has 0 aromatic carbocycles. The van der Waals surface area contributed by atoms with Crippen molar-refractivity contribution < 1.29 is 0 Å². The smallest absolute Gasteiger partial charge is 0.0195 e. The van der Waals surface area contributed by atoms with Gasteiger partial charge in [-0.05, 0) is 34.7 Å². The van der Waals surface area contributed by atoms with Gasteiger partial charge in [-0.2, -0.15) is 0 Å². The van der Waals surface area contributed by atoms with Crippen LogP contribution in [0.2, 0.25) is 0 Å². The highest BCUT2D eigenvalue weighted by Gasteiger charge is 2.21. The summed E-state index contributed by atoms with van der Waals surface area (Å²) in [5.41, 5.74) is 0.246. The van der Waals surface area contributed by atoms with E-state index in [1.165, 1.54) is 26.2 Å². The van der Waals surface area contributed by atoms with Crippen LogP contribution in [0.5, 0.6) is 0 Å². The second-order valence-electron chi connectivity index (χ2n) is 5.82. The van der Waals surface area contributed by atoms with Gasteiger partial charge in [0.15, 0.2) is 0 Å². The van der Waals surface area contributed by atoms with E-state index in [4.69, 9.17) is 0 Å². The van der Waals surface area contributed by atoms with Crippen molar-refractivity contribution in [3.8, 4) is 0 Å². The Labute approximate surface area is 94.8 Å². The fourth-order valence-corrected chi connectivity index (χ4v) is 2.08. The van der Waals surface area contributed by atoms with Gasteiger partial charge in [0.2, 0.25) is 0 Å². The van der Waals surface area contributed by atoms with E-state index in [2.05, 4.69) is 49.9 Å². The standard InChI is InChI=1S/C12H27N3/c1-11-10-14(5)8-9-15(11)7-6-13-12(2,3)4/h11,13H,6-10H2,1-5H3. The Hall–Kier alpha value is -0.120. The fraction of sp³-hybridized carbons (Fsp3) is 1.00. The van der Waals surface area contributed by atoms with E-state index in [1.54, 1.807) is 0 Å². The van der Waals surface area contributed by atoms with Gasteiger partial charge in [-0.3, -0.25) is 4.90 Å². The normalized spacial score (nSPS) is 25.8. The Morgan fingerprint density at radius 1 is 1.27 bits per heavy atom. The average Bonchev–Trinajstić information content (AvgIpc) is 2.07. The molecule has 1 heterocycles. The van der Waals surface area contributed by atoms with Gasteiger partial charge in [-0.1, -0.05) is 0 Å². The van der Waals surface area contributed by atoms with Gasteiger partial charge >= 0.3 is 0 Å². The number of hydrogen-bond donors (Lipinski definition) is 1. The van der Waals surface area contributed by atoms with Crippen LogP contribution < -0.4 is 5.32 Å². The summed E-state index contributed by atoms with van der Waals surface area (Å²) in [6, 6.07) is 0.700. The van der Waals surface area contributed by atoms with E-state index in [0.717, 1.165) is 6.54 Å². The molecular weight excluding hydrogens is 186 g/mol. The summed E-state index contributed by atoms with van der Waals surface area (Å²) >= 11 is 0. The van der Waals surface area contributed by atoms with Gasteiger partial charge in [0, 0.05) is 44.3 Å². The molecule has 1 aliphatic rings. The van der Waals surface area contributed by atoms with Crippen molar-refractivity contribution in [2.75, 3.05) is 39.8 Å². The monoisotopic (exact) mass is 213 g/mol. The summed E-state index contributed by atoms with van der Waals surface area (Å²) in [6.07, 6.45) is 0. The number of nitrogens with one attached hydrogen (secondary N) is 1. The van der Waals surface area contributed by atoms with Crippen LogP contribution in [-0.4, -0.2) is 61.2 Å². The highest BCUT2D eigenvalue weighted by Crippen LogP contribution is 2.07. The third-order valence-electron chi connectivity index (χ3n) is 3.02. The molecule has 0 amide bonds. The lowest BCUT2D eigenvalue weighted by molar-refractivity contribution is 0.0992. The molecule has 1 N–H and O–H groups in total. The van der Waals surface area contributed by atoms with Gasteiger partial charge in [0.25, 0.3) is 0 Å². The van der Waals surface area contributed by atoms with Crippen LogP contribution in [0.25, 0.3) is 0 Å². The number of rotatable bonds is 3. The lowest BCUT2D eigenvalue weighted by Gasteiger charge is -2.38.